The van der Waals surface area contributed by atoms with E-state index in [2.05, 4.69) is 38.0 Å². The summed E-state index contributed by atoms with van der Waals surface area (Å²) in [6.07, 6.45) is 3.09. The summed E-state index contributed by atoms with van der Waals surface area (Å²) < 4.78 is 5.16. The average Bonchev–Trinajstić information content (AvgIpc) is 3.18. The fourth-order valence-electron chi connectivity index (χ4n) is 2.91. The number of amides is 1. The number of aliphatic imine (C=N–C) groups is 1. The quantitative estimate of drug-likeness (QED) is 0.483. The number of nitrogens with one attached hydrogen (secondary N) is 2. The SMILES string of the molecule is COCCN1CCC(NC(=NCC(=O)N(C)C)NCCc2cccs2)CC1. The second-order valence-corrected chi connectivity index (χ2v) is 7.99. The minimum absolute atomic E-state index is 0.00346. The van der Waals surface area contributed by atoms with Crippen molar-refractivity contribution in [3.63, 3.8) is 0 Å². The first-order chi connectivity index (χ1) is 13.1. The zero-order valence-electron chi connectivity index (χ0n) is 16.7. The minimum Gasteiger partial charge on any atom is -0.383 e. The lowest BCUT2D eigenvalue weighted by molar-refractivity contribution is -0.127. The number of methoxy groups -OCH3 is 1. The molecule has 0 saturated carbocycles. The standard InChI is InChI=1S/C19H33N5O2S/c1-23(2)18(25)15-21-19(20-9-6-17-5-4-14-27-17)22-16-7-10-24(11-8-16)12-13-26-3/h4-5,14,16H,6-13,15H2,1-3H3,(H2,20,21,22). The van der Waals surface area contributed by atoms with E-state index in [1.807, 2.05) is 0 Å². The molecule has 2 rings (SSSR count). The molecule has 7 nitrogen and oxygen atoms in total. The molecule has 1 aliphatic rings. The van der Waals surface area contributed by atoms with Crippen molar-refractivity contribution in [3.05, 3.63) is 22.4 Å². The molecule has 27 heavy (non-hydrogen) atoms. The molecule has 2 heterocycles. The topological polar surface area (TPSA) is 69.2 Å². The molecule has 0 aliphatic carbocycles. The molecule has 0 bridgehead atoms. The van der Waals surface area contributed by atoms with E-state index in [1.54, 1.807) is 37.4 Å². The van der Waals surface area contributed by atoms with Crippen molar-refractivity contribution >= 4 is 23.2 Å². The highest BCUT2D eigenvalue weighted by atomic mass is 32.1. The van der Waals surface area contributed by atoms with E-state index in [9.17, 15) is 4.79 Å². The number of carbonyl (C=O) groups is 1. The van der Waals surface area contributed by atoms with Crippen LogP contribution in [0.3, 0.4) is 0 Å². The van der Waals surface area contributed by atoms with E-state index in [0.717, 1.165) is 58.0 Å². The maximum absolute atomic E-state index is 11.9. The van der Waals surface area contributed by atoms with Gasteiger partial charge in [-0.25, -0.2) is 4.99 Å². The predicted octanol–water partition coefficient (Wildman–Crippen LogP) is 1.02. The van der Waals surface area contributed by atoms with Gasteiger partial charge in [0, 0.05) is 58.3 Å². The number of nitrogens with zero attached hydrogens (tertiary/aromatic N) is 3. The Balaban J connectivity index is 1.83. The summed E-state index contributed by atoms with van der Waals surface area (Å²) >= 11 is 1.76. The van der Waals surface area contributed by atoms with Gasteiger partial charge in [0.1, 0.15) is 6.54 Å². The molecule has 152 valence electrons. The Kier molecular flexibility index (Phi) is 9.58. The highest BCUT2D eigenvalue weighted by molar-refractivity contribution is 7.09. The fourth-order valence-corrected chi connectivity index (χ4v) is 3.62. The number of ether oxygens (including phenoxy) is 1. The molecule has 0 atom stereocenters. The van der Waals surface area contributed by atoms with Gasteiger partial charge in [-0.05, 0) is 30.7 Å². The number of guanidine groups is 1. The zero-order chi connectivity index (χ0) is 19.5. The maximum Gasteiger partial charge on any atom is 0.243 e. The number of likely N-dealkylation sites (N-methyl/N-ethyl adjacent to an activating group) is 1. The highest BCUT2D eigenvalue weighted by Crippen LogP contribution is 2.10. The maximum atomic E-state index is 11.9. The number of piperidine rings is 1. The van der Waals surface area contributed by atoms with Gasteiger partial charge in [-0.1, -0.05) is 6.07 Å². The van der Waals surface area contributed by atoms with Crippen molar-refractivity contribution in [1.29, 1.82) is 0 Å². The van der Waals surface area contributed by atoms with Crippen molar-refractivity contribution in [2.75, 3.05) is 60.5 Å². The summed E-state index contributed by atoms with van der Waals surface area (Å²) in [5.74, 6) is 0.737. The Bertz CT molecular complexity index is 569. The second-order valence-electron chi connectivity index (χ2n) is 6.96. The van der Waals surface area contributed by atoms with Gasteiger partial charge in [0.15, 0.2) is 5.96 Å². The monoisotopic (exact) mass is 395 g/mol. The van der Waals surface area contributed by atoms with Crippen LogP contribution >= 0.6 is 11.3 Å². The highest BCUT2D eigenvalue weighted by Gasteiger charge is 2.20. The predicted molar refractivity (Wildman–Crippen MR) is 111 cm³/mol. The van der Waals surface area contributed by atoms with Gasteiger partial charge in [-0.3, -0.25) is 4.79 Å². The van der Waals surface area contributed by atoms with E-state index in [4.69, 9.17) is 4.74 Å². The van der Waals surface area contributed by atoms with Crippen LogP contribution < -0.4 is 10.6 Å². The van der Waals surface area contributed by atoms with E-state index in [1.165, 1.54) is 4.88 Å². The summed E-state index contributed by atoms with van der Waals surface area (Å²) in [5, 5.41) is 9.00. The van der Waals surface area contributed by atoms with Crippen molar-refractivity contribution in [2.45, 2.75) is 25.3 Å². The summed E-state index contributed by atoms with van der Waals surface area (Å²) in [7, 11) is 5.25. The molecule has 1 aliphatic heterocycles. The lowest BCUT2D eigenvalue weighted by Crippen LogP contribution is -2.49. The first-order valence-electron chi connectivity index (χ1n) is 9.57. The Labute approximate surface area is 166 Å². The Morgan fingerprint density at radius 3 is 2.81 bits per heavy atom. The third-order valence-electron chi connectivity index (χ3n) is 4.66. The summed E-state index contributed by atoms with van der Waals surface area (Å²) in [6, 6.07) is 4.59. The molecular weight excluding hydrogens is 362 g/mol. The van der Waals surface area contributed by atoms with E-state index >= 15 is 0 Å². The van der Waals surface area contributed by atoms with E-state index in [-0.39, 0.29) is 12.5 Å². The molecule has 0 spiro atoms. The van der Waals surface area contributed by atoms with Gasteiger partial charge in [-0.2, -0.15) is 0 Å². The first-order valence-corrected chi connectivity index (χ1v) is 10.4. The van der Waals surface area contributed by atoms with Crippen LogP contribution in [0.5, 0.6) is 0 Å². The van der Waals surface area contributed by atoms with Crippen LogP contribution in [0.15, 0.2) is 22.5 Å². The second kappa shape index (κ2) is 11.9. The minimum atomic E-state index is 0.00346. The van der Waals surface area contributed by atoms with Crippen molar-refractivity contribution in [3.8, 4) is 0 Å². The molecule has 0 aromatic carbocycles. The third kappa shape index (κ3) is 8.28. The van der Waals surface area contributed by atoms with Gasteiger partial charge in [0.05, 0.1) is 6.61 Å². The average molecular weight is 396 g/mol. The van der Waals surface area contributed by atoms with Crippen molar-refractivity contribution in [2.24, 2.45) is 4.99 Å². The molecular formula is C19H33N5O2S. The van der Waals surface area contributed by atoms with Gasteiger partial charge in [-0.15, -0.1) is 11.3 Å². The summed E-state index contributed by atoms with van der Waals surface area (Å²) in [5.41, 5.74) is 0. The van der Waals surface area contributed by atoms with Crippen molar-refractivity contribution in [1.82, 2.24) is 20.4 Å². The van der Waals surface area contributed by atoms with Gasteiger partial charge < -0.3 is 25.2 Å². The first kappa shape index (κ1) is 21.7. The van der Waals surface area contributed by atoms with Crippen LogP contribution in [-0.2, 0) is 16.0 Å². The van der Waals surface area contributed by atoms with Gasteiger partial charge in [0.2, 0.25) is 5.91 Å². The number of rotatable bonds is 9. The molecule has 1 aromatic rings. The zero-order valence-corrected chi connectivity index (χ0v) is 17.6. The number of thiophene rings is 1. The third-order valence-corrected chi connectivity index (χ3v) is 5.59. The Morgan fingerprint density at radius 1 is 1.41 bits per heavy atom. The van der Waals surface area contributed by atoms with Crippen molar-refractivity contribution < 1.29 is 9.53 Å². The van der Waals surface area contributed by atoms with Crippen LogP contribution in [0, 0.1) is 0 Å². The summed E-state index contributed by atoms with van der Waals surface area (Å²) in [6.45, 7) is 4.84. The number of likely N-dealkylation sites (tertiary alicyclic amines) is 1. The van der Waals surface area contributed by atoms with E-state index in [0.29, 0.717) is 6.04 Å². The number of carbonyl (C=O) groups excluding carboxylic acids is 1. The van der Waals surface area contributed by atoms with E-state index < -0.39 is 0 Å². The largest absolute Gasteiger partial charge is 0.383 e. The van der Waals surface area contributed by atoms with Gasteiger partial charge in [0.25, 0.3) is 0 Å². The van der Waals surface area contributed by atoms with Crippen LogP contribution in [-0.4, -0.2) is 88.2 Å². The van der Waals surface area contributed by atoms with Crippen LogP contribution in [0.4, 0.5) is 0 Å². The number of hydrogen-bond donors (Lipinski definition) is 2. The molecule has 8 heteroatoms. The fraction of sp³-hybridized carbons (Fsp3) is 0.684. The lowest BCUT2D eigenvalue weighted by Gasteiger charge is -2.33. The molecule has 1 fully saturated rings. The lowest BCUT2D eigenvalue weighted by atomic mass is 10.1. The summed E-state index contributed by atoms with van der Waals surface area (Å²) in [4.78, 5) is 21.7. The smallest absolute Gasteiger partial charge is 0.243 e. The number of hydrogen-bond acceptors (Lipinski definition) is 5. The Morgan fingerprint density at radius 2 is 2.19 bits per heavy atom. The normalized spacial score (nSPS) is 16.3. The molecule has 1 aromatic heterocycles. The molecule has 2 N–H and O–H groups in total. The molecule has 1 saturated heterocycles. The van der Waals surface area contributed by atoms with Crippen LogP contribution in [0.2, 0.25) is 0 Å². The Hall–Kier alpha value is -1.64. The molecule has 0 unspecified atom stereocenters. The van der Waals surface area contributed by atoms with Crippen LogP contribution in [0.1, 0.15) is 17.7 Å². The molecule has 1 amide bonds. The van der Waals surface area contributed by atoms with Crippen LogP contribution in [0.25, 0.3) is 0 Å². The molecule has 0 radical (unpaired) electrons. The van der Waals surface area contributed by atoms with Gasteiger partial charge >= 0.3 is 0 Å².